The second-order valence-corrected chi connectivity index (χ2v) is 4.70. The van der Waals surface area contributed by atoms with Crippen LogP contribution in [0.2, 0.25) is 0 Å². The molecule has 0 radical (unpaired) electrons. The van der Waals surface area contributed by atoms with Gasteiger partial charge in [-0.15, -0.1) is 0 Å². The number of amides is 2. The molecule has 0 saturated heterocycles. The van der Waals surface area contributed by atoms with Crippen LogP contribution in [0.1, 0.15) is 27.2 Å². The number of carbonyl (C=O) groups excluding carboxylic acids is 1. The summed E-state index contributed by atoms with van der Waals surface area (Å²) in [5.41, 5.74) is 0.535. The highest BCUT2D eigenvalue weighted by Gasteiger charge is 2.21. The normalized spacial score (nSPS) is 12.2. The van der Waals surface area contributed by atoms with Crippen molar-refractivity contribution in [3.8, 4) is 0 Å². The Hall–Kier alpha value is -2.05. The molecule has 1 rings (SSSR count). The Morgan fingerprint density at radius 3 is 2.63 bits per heavy atom. The van der Waals surface area contributed by atoms with Gasteiger partial charge in [-0.25, -0.2) is 9.59 Å². The Morgan fingerprint density at radius 2 is 2.16 bits per heavy atom. The highest BCUT2D eigenvalue weighted by molar-refractivity contribution is 5.91. The highest BCUT2D eigenvalue weighted by atomic mass is 16.4. The number of carbonyl (C=O) groups is 2. The van der Waals surface area contributed by atoms with Crippen LogP contribution in [-0.4, -0.2) is 32.9 Å². The summed E-state index contributed by atoms with van der Waals surface area (Å²) in [6, 6.07) is -1.43. The number of aromatic nitrogens is 2. The molecule has 3 N–H and O–H groups in total. The monoisotopic (exact) mass is 268 g/mol. The Morgan fingerprint density at radius 1 is 1.47 bits per heavy atom. The predicted octanol–water partition coefficient (Wildman–Crippen LogP) is 1.52. The number of anilines is 1. The van der Waals surface area contributed by atoms with Crippen LogP contribution >= 0.6 is 0 Å². The zero-order chi connectivity index (χ0) is 14.4. The first kappa shape index (κ1) is 15.0. The molecule has 0 fully saturated rings. The quantitative estimate of drug-likeness (QED) is 0.728. The van der Waals surface area contributed by atoms with E-state index in [0.29, 0.717) is 18.7 Å². The number of urea groups is 1. The van der Waals surface area contributed by atoms with Crippen molar-refractivity contribution in [2.75, 3.05) is 5.32 Å². The minimum absolute atomic E-state index is 0.184. The summed E-state index contributed by atoms with van der Waals surface area (Å²) >= 11 is 0. The predicted molar refractivity (Wildman–Crippen MR) is 70.9 cm³/mol. The number of hydrogen-bond acceptors (Lipinski definition) is 3. The molecule has 0 bridgehead atoms. The van der Waals surface area contributed by atoms with Crippen LogP contribution in [-0.2, 0) is 11.3 Å². The number of rotatable bonds is 6. The number of aliphatic carboxylic acids is 1. The first-order valence-corrected chi connectivity index (χ1v) is 6.25. The van der Waals surface area contributed by atoms with Gasteiger partial charge >= 0.3 is 12.0 Å². The number of aryl methyl sites for hydroxylation is 1. The Bertz CT molecular complexity index is 442. The van der Waals surface area contributed by atoms with Crippen LogP contribution in [0.25, 0.3) is 0 Å². The van der Waals surface area contributed by atoms with Crippen molar-refractivity contribution in [2.45, 2.75) is 39.8 Å². The topological polar surface area (TPSA) is 96.2 Å². The first-order valence-electron chi connectivity index (χ1n) is 6.25. The fraction of sp³-hybridized carbons (Fsp3) is 0.583. The molecular formula is C12H20N4O3. The number of carboxylic acids is 1. The van der Waals surface area contributed by atoms with Gasteiger partial charge in [-0.3, -0.25) is 4.68 Å². The molecular weight excluding hydrogens is 248 g/mol. The Balaban J connectivity index is 2.54. The van der Waals surface area contributed by atoms with E-state index in [0.717, 1.165) is 0 Å². The molecule has 0 aromatic carbocycles. The van der Waals surface area contributed by atoms with Gasteiger partial charge in [0.15, 0.2) is 0 Å². The second-order valence-electron chi connectivity index (χ2n) is 4.70. The summed E-state index contributed by atoms with van der Waals surface area (Å²) in [7, 11) is 0. The van der Waals surface area contributed by atoms with E-state index in [1.807, 2.05) is 20.8 Å². The molecule has 1 aromatic rings. The average molecular weight is 268 g/mol. The molecule has 0 aliphatic heterocycles. The van der Waals surface area contributed by atoms with Crippen LogP contribution in [0, 0.1) is 5.92 Å². The molecule has 1 heterocycles. The van der Waals surface area contributed by atoms with Gasteiger partial charge in [0.25, 0.3) is 0 Å². The van der Waals surface area contributed by atoms with E-state index in [-0.39, 0.29) is 5.92 Å². The summed E-state index contributed by atoms with van der Waals surface area (Å²) in [6.45, 7) is 6.44. The maximum atomic E-state index is 11.7. The van der Waals surface area contributed by atoms with Crippen molar-refractivity contribution in [3.05, 3.63) is 12.4 Å². The smallest absolute Gasteiger partial charge is 0.326 e. The molecule has 0 saturated carbocycles. The SMILES string of the molecule is CCn1cc(NC(=O)NC(CC(C)C)C(=O)O)cn1. The zero-order valence-corrected chi connectivity index (χ0v) is 11.4. The number of nitrogens with one attached hydrogen (secondary N) is 2. The van der Waals surface area contributed by atoms with Crippen molar-refractivity contribution in [3.63, 3.8) is 0 Å². The van der Waals surface area contributed by atoms with Crippen LogP contribution in [0.3, 0.4) is 0 Å². The Kier molecular flexibility index (Phi) is 5.35. The number of hydrogen-bond donors (Lipinski definition) is 3. The summed E-state index contributed by atoms with van der Waals surface area (Å²) < 4.78 is 1.67. The highest BCUT2D eigenvalue weighted by Crippen LogP contribution is 2.07. The van der Waals surface area contributed by atoms with Gasteiger partial charge < -0.3 is 15.7 Å². The lowest BCUT2D eigenvalue weighted by Gasteiger charge is -2.16. The van der Waals surface area contributed by atoms with Crippen molar-refractivity contribution in [2.24, 2.45) is 5.92 Å². The summed E-state index contributed by atoms with van der Waals surface area (Å²) in [5, 5.41) is 18.0. The van der Waals surface area contributed by atoms with Crippen LogP contribution in [0.15, 0.2) is 12.4 Å². The minimum Gasteiger partial charge on any atom is -0.480 e. The van der Waals surface area contributed by atoms with Gasteiger partial charge in [0.1, 0.15) is 6.04 Å². The van der Waals surface area contributed by atoms with Crippen LogP contribution in [0.5, 0.6) is 0 Å². The molecule has 19 heavy (non-hydrogen) atoms. The van der Waals surface area contributed by atoms with Gasteiger partial charge in [0.05, 0.1) is 11.9 Å². The van der Waals surface area contributed by atoms with Crippen molar-refractivity contribution >= 4 is 17.7 Å². The number of carboxylic acid groups (broad SMARTS) is 1. The fourth-order valence-electron chi connectivity index (χ4n) is 1.62. The number of nitrogens with zero attached hydrogens (tertiary/aromatic N) is 2. The third-order valence-electron chi connectivity index (χ3n) is 2.53. The van der Waals surface area contributed by atoms with E-state index >= 15 is 0 Å². The molecule has 0 aliphatic carbocycles. The molecule has 7 heteroatoms. The summed E-state index contributed by atoms with van der Waals surface area (Å²) in [6.07, 6.45) is 3.58. The van der Waals surface area contributed by atoms with Gasteiger partial charge in [-0.05, 0) is 19.3 Å². The molecule has 0 aliphatic rings. The van der Waals surface area contributed by atoms with E-state index in [4.69, 9.17) is 5.11 Å². The van der Waals surface area contributed by atoms with Gasteiger partial charge in [0, 0.05) is 12.7 Å². The first-order chi connectivity index (χ1) is 8.92. The van der Waals surface area contributed by atoms with E-state index in [1.165, 1.54) is 6.20 Å². The van der Waals surface area contributed by atoms with E-state index in [2.05, 4.69) is 15.7 Å². The maximum Gasteiger partial charge on any atom is 0.326 e. The molecule has 1 unspecified atom stereocenters. The van der Waals surface area contributed by atoms with Crippen molar-refractivity contribution < 1.29 is 14.7 Å². The molecule has 0 spiro atoms. The van der Waals surface area contributed by atoms with Gasteiger partial charge in [-0.1, -0.05) is 13.8 Å². The van der Waals surface area contributed by atoms with Gasteiger partial charge in [-0.2, -0.15) is 5.10 Å². The lowest BCUT2D eigenvalue weighted by atomic mass is 10.0. The van der Waals surface area contributed by atoms with E-state index < -0.39 is 18.0 Å². The van der Waals surface area contributed by atoms with E-state index in [1.54, 1.807) is 10.9 Å². The fourth-order valence-corrected chi connectivity index (χ4v) is 1.62. The lowest BCUT2D eigenvalue weighted by molar-refractivity contribution is -0.139. The van der Waals surface area contributed by atoms with Crippen LogP contribution in [0.4, 0.5) is 10.5 Å². The lowest BCUT2D eigenvalue weighted by Crippen LogP contribution is -2.43. The largest absolute Gasteiger partial charge is 0.480 e. The zero-order valence-electron chi connectivity index (χ0n) is 11.4. The van der Waals surface area contributed by atoms with E-state index in [9.17, 15) is 9.59 Å². The molecule has 7 nitrogen and oxygen atoms in total. The molecule has 1 aromatic heterocycles. The standard InChI is InChI=1S/C12H20N4O3/c1-4-16-7-9(6-13-16)14-12(19)15-10(11(17)18)5-8(2)3/h6-8,10H,4-5H2,1-3H3,(H,17,18)(H2,14,15,19). The van der Waals surface area contributed by atoms with Crippen molar-refractivity contribution in [1.82, 2.24) is 15.1 Å². The maximum absolute atomic E-state index is 11.7. The Labute approximate surface area is 112 Å². The summed E-state index contributed by atoms with van der Waals surface area (Å²) in [4.78, 5) is 22.7. The molecule has 1 atom stereocenters. The minimum atomic E-state index is -1.03. The van der Waals surface area contributed by atoms with Crippen molar-refractivity contribution in [1.29, 1.82) is 0 Å². The average Bonchev–Trinajstić information content (AvgIpc) is 2.75. The molecule has 106 valence electrons. The van der Waals surface area contributed by atoms with Crippen LogP contribution < -0.4 is 10.6 Å². The van der Waals surface area contributed by atoms with Gasteiger partial charge in [0.2, 0.25) is 0 Å². The second kappa shape index (κ2) is 6.77. The third kappa shape index (κ3) is 4.99. The third-order valence-corrected chi connectivity index (χ3v) is 2.53. The summed E-state index contributed by atoms with van der Waals surface area (Å²) in [5.74, 6) is -0.850. The molecule has 2 amide bonds.